The molecule has 3 unspecified atom stereocenters. The summed E-state index contributed by atoms with van der Waals surface area (Å²) in [6.45, 7) is 9.85. The zero-order chi connectivity index (χ0) is 22.0. The second-order valence-corrected chi connectivity index (χ2v) is 10.8. The predicted octanol–water partition coefficient (Wildman–Crippen LogP) is 2.69. The van der Waals surface area contributed by atoms with Crippen LogP contribution < -0.4 is 4.74 Å². The van der Waals surface area contributed by atoms with Gasteiger partial charge in [0.15, 0.2) is 0 Å². The molecule has 1 heterocycles. The molecule has 29 heavy (non-hydrogen) atoms. The highest BCUT2D eigenvalue weighted by Crippen LogP contribution is 2.51. The normalized spacial score (nSPS) is 20.9. The molecule has 1 aromatic rings. The van der Waals surface area contributed by atoms with Gasteiger partial charge in [0.25, 0.3) is 0 Å². The number of rotatable bonds is 7. The summed E-state index contributed by atoms with van der Waals surface area (Å²) in [5.74, 6) is -1.17. The van der Waals surface area contributed by atoms with Gasteiger partial charge in [0.1, 0.15) is 22.8 Å². The van der Waals surface area contributed by atoms with E-state index in [-0.39, 0.29) is 28.2 Å². The van der Waals surface area contributed by atoms with Gasteiger partial charge in [-0.1, -0.05) is 50.7 Å². The van der Waals surface area contributed by atoms with Crippen molar-refractivity contribution in [1.29, 1.82) is 0 Å². The lowest BCUT2D eigenvalue weighted by molar-refractivity contribution is -0.170. The van der Waals surface area contributed by atoms with Crippen molar-refractivity contribution in [1.82, 2.24) is 4.90 Å². The molecule has 160 valence electrons. The number of hydrogen-bond acceptors (Lipinski definition) is 6. The van der Waals surface area contributed by atoms with E-state index < -0.39 is 22.9 Å². The Labute approximate surface area is 184 Å². The van der Waals surface area contributed by atoms with Crippen molar-refractivity contribution in [3.8, 4) is 5.75 Å². The first-order chi connectivity index (χ1) is 13.4. The number of carboxylic acids is 1. The van der Waals surface area contributed by atoms with Crippen LogP contribution in [-0.4, -0.2) is 54.3 Å². The molecule has 0 radical (unpaired) electrons. The Hall–Kier alpha value is -1.42. The van der Waals surface area contributed by atoms with Crippen LogP contribution in [0.2, 0.25) is 0 Å². The SMILES string of the molecule is CC(C)(C)C(C1C(=O)N(CC(=O)O)C1SC(=S)Oc1ccccc1)C(C)(C)O[SiH3]. The first-order valence-corrected chi connectivity index (χ1v) is 11.5. The van der Waals surface area contributed by atoms with Gasteiger partial charge in [-0.3, -0.25) is 9.59 Å². The lowest BCUT2D eigenvalue weighted by Gasteiger charge is -2.55. The fourth-order valence-electron chi connectivity index (χ4n) is 4.16. The first-order valence-electron chi connectivity index (χ1n) is 9.39. The first kappa shape index (κ1) is 23.9. The van der Waals surface area contributed by atoms with E-state index in [9.17, 15) is 14.7 Å². The number of aliphatic carboxylic acids is 1. The van der Waals surface area contributed by atoms with E-state index in [1.54, 1.807) is 12.1 Å². The van der Waals surface area contributed by atoms with Crippen LogP contribution in [0, 0.1) is 17.3 Å². The Morgan fingerprint density at radius 1 is 1.28 bits per heavy atom. The second kappa shape index (κ2) is 9.16. The minimum absolute atomic E-state index is 0.123. The third-order valence-corrected chi connectivity index (χ3v) is 7.71. The van der Waals surface area contributed by atoms with Crippen molar-refractivity contribution in [2.75, 3.05) is 6.54 Å². The van der Waals surface area contributed by atoms with Gasteiger partial charge in [-0.15, -0.1) is 0 Å². The van der Waals surface area contributed by atoms with E-state index in [1.165, 1.54) is 16.7 Å². The summed E-state index contributed by atoms with van der Waals surface area (Å²) < 4.78 is 11.9. The smallest absolute Gasteiger partial charge is 0.323 e. The number of β-lactam (4-membered cyclic amide) rings is 1. The Kier molecular flexibility index (Phi) is 7.53. The van der Waals surface area contributed by atoms with Crippen molar-refractivity contribution in [2.24, 2.45) is 17.3 Å². The summed E-state index contributed by atoms with van der Waals surface area (Å²) in [5.41, 5.74) is -0.759. The molecule has 1 aromatic carbocycles. The third-order valence-electron chi connectivity index (χ3n) is 5.22. The average Bonchev–Trinajstić information content (AvgIpc) is 2.62. The minimum Gasteiger partial charge on any atom is -0.480 e. The summed E-state index contributed by atoms with van der Waals surface area (Å²) >= 11 is 6.62. The number of nitrogens with zero attached hydrogens (tertiary/aromatic N) is 1. The third kappa shape index (κ3) is 5.59. The zero-order valence-corrected chi connectivity index (χ0v) is 21.3. The number of likely N-dealkylation sites (tertiary alicyclic amines) is 1. The molecule has 6 nitrogen and oxygen atoms in total. The van der Waals surface area contributed by atoms with E-state index in [2.05, 4.69) is 20.8 Å². The molecule has 3 atom stereocenters. The topological polar surface area (TPSA) is 76.1 Å². The maximum absolute atomic E-state index is 13.0. The Balaban J connectivity index is 2.30. The molecule has 1 amide bonds. The van der Waals surface area contributed by atoms with Crippen molar-refractivity contribution in [2.45, 2.75) is 45.6 Å². The summed E-state index contributed by atoms with van der Waals surface area (Å²) in [4.78, 5) is 25.7. The molecule has 1 saturated heterocycles. The fraction of sp³-hybridized carbons (Fsp3) is 0.550. The molecule has 1 N–H and O–H groups in total. The average molecular weight is 456 g/mol. The summed E-state index contributed by atoms with van der Waals surface area (Å²) in [6.07, 6.45) is 0. The van der Waals surface area contributed by atoms with Crippen LogP contribution in [0.1, 0.15) is 34.6 Å². The van der Waals surface area contributed by atoms with Gasteiger partial charge in [-0.05, 0) is 43.6 Å². The summed E-state index contributed by atoms with van der Waals surface area (Å²) in [5, 5.41) is 8.84. The van der Waals surface area contributed by atoms with Gasteiger partial charge in [0.2, 0.25) is 10.3 Å². The predicted molar refractivity (Wildman–Crippen MR) is 122 cm³/mol. The molecule has 0 aliphatic carbocycles. The molecular weight excluding hydrogens is 426 g/mol. The number of benzene rings is 1. The number of amides is 1. The molecule has 0 bridgehead atoms. The standard InChI is InChI=1S/C20H29NO5S2Si/c1-19(2,3)15(20(4,5)26-29)14-16(24)21(11-13(22)23)17(14)28-18(27)25-12-9-7-6-8-10-12/h6-10,14-15,17H,11H2,1-5,29H3,(H,22,23). The van der Waals surface area contributed by atoms with Crippen molar-refractivity contribution in [3.63, 3.8) is 0 Å². The van der Waals surface area contributed by atoms with Gasteiger partial charge >= 0.3 is 5.97 Å². The Morgan fingerprint density at radius 3 is 2.34 bits per heavy atom. The van der Waals surface area contributed by atoms with E-state index in [0.29, 0.717) is 16.2 Å². The van der Waals surface area contributed by atoms with Gasteiger partial charge < -0.3 is 19.2 Å². The molecule has 1 aliphatic heterocycles. The van der Waals surface area contributed by atoms with Crippen LogP contribution in [0.15, 0.2) is 30.3 Å². The van der Waals surface area contributed by atoms with Gasteiger partial charge in [-0.25, -0.2) is 0 Å². The van der Waals surface area contributed by atoms with Crippen molar-refractivity contribution in [3.05, 3.63) is 30.3 Å². The van der Waals surface area contributed by atoms with Crippen LogP contribution >= 0.6 is 24.0 Å². The maximum Gasteiger partial charge on any atom is 0.323 e. The Morgan fingerprint density at radius 2 is 1.86 bits per heavy atom. The number of carboxylic acid groups (broad SMARTS) is 1. The minimum atomic E-state index is -1.05. The highest BCUT2D eigenvalue weighted by molar-refractivity contribution is 8.23. The number of carbonyl (C=O) groups is 2. The number of para-hydroxylation sites is 1. The number of thioether (sulfide) groups is 1. The van der Waals surface area contributed by atoms with E-state index in [1.807, 2.05) is 32.0 Å². The molecule has 0 spiro atoms. The molecule has 1 aliphatic rings. The van der Waals surface area contributed by atoms with E-state index in [0.717, 1.165) is 0 Å². The lowest BCUT2D eigenvalue weighted by atomic mass is 9.63. The number of thiocarbonyl (C=S) groups is 1. The number of hydrogen-bond donors (Lipinski definition) is 1. The number of ether oxygens (including phenoxy) is 1. The Bertz CT molecular complexity index is 766. The summed E-state index contributed by atoms with van der Waals surface area (Å²) in [6, 6.07) is 9.15. The van der Waals surface area contributed by atoms with E-state index in [4.69, 9.17) is 21.4 Å². The van der Waals surface area contributed by atoms with Gasteiger partial charge in [-0.2, -0.15) is 0 Å². The van der Waals surface area contributed by atoms with Crippen LogP contribution in [0.25, 0.3) is 0 Å². The molecule has 2 rings (SSSR count). The van der Waals surface area contributed by atoms with Crippen LogP contribution in [0.4, 0.5) is 0 Å². The molecular formula is C20H29NO5S2Si. The largest absolute Gasteiger partial charge is 0.480 e. The summed E-state index contributed by atoms with van der Waals surface area (Å²) in [7, 11) is 0.536. The maximum atomic E-state index is 13.0. The van der Waals surface area contributed by atoms with Crippen molar-refractivity contribution >= 4 is 50.7 Å². The molecule has 1 fully saturated rings. The molecule has 0 aromatic heterocycles. The van der Waals surface area contributed by atoms with Crippen LogP contribution in [-0.2, 0) is 14.0 Å². The van der Waals surface area contributed by atoms with Gasteiger partial charge in [0.05, 0.1) is 16.9 Å². The molecule has 0 saturated carbocycles. The zero-order valence-electron chi connectivity index (χ0n) is 17.7. The number of carbonyl (C=O) groups excluding carboxylic acids is 1. The molecule has 9 heteroatoms. The monoisotopic (exact) mass is 455 g/mol. The van der Waals surface area contributed by atoms with Crippen LogP contribution in [0.3, 0.4) is 0 Å². The highest BCUT2D eigenvalue weighted by atomic mass is 32.2. The van der Waals surface area contributed by atoms with E-state index >= 15 is 0 Å². The van der Waals surface area contributed by atoms with Crippen LogP contribution in [0.5, 0.6) is 5.75 Å². The second-order valence-electron chi connectivity index (χ2n) is 8.71. The fourth-order valence-corrected chi connectivity index (χ4v) is 5.87. The highest BCUT2D eigenvalue weighted by Gasteiger charge is 2.58. The quantitative estimate of drug-likeness (QED) is 0.385. The van der Waals surface area contributed by atoms with Gasteiger partial charge in [0, 0.05) is 5.92 Å². The lowest BCUT2D eigenvalue weighted by Crippen LogP contribution is -2.67. The van der Waals surface area contributed by atoms with Crippen molar-refractivity contribution < 1.29 is 23.9 Å².